The van der Waals surface area contributed by atoms with Gasteiger partial charge in [0.2, 0.25) is 11.0 Å². The van der Waals surface area contributed by atoms with Crippen LogP contribution in [0.1, 0.15) is 47.1 Å². The third-order valence-electron chi connectivity index (χ3n) is 5.00. The van der Waals surface area contributed by atoms with Gasteiger partial charge in [-0.3, -0.25) is 0 Å². The summed E-state index contributed by atoms with van der Waals surface area (Å²) in [6.07, 6.45) is 1.08. The normalized spacial score (nSPS) is 12.0. The lowest BCUT2D eigenvalue weighted by molar-refractivity contribution is 0.0598. The summed E-state index contributed by atoms with van der Waals surface area (Å²) >= 11 is 4.90. The largest absolute Gasteiger partial charge is 0.443 e. The van der Waals surface area contributed by atoms with E-state index in [9.17, 15) is 4.79 Å². The molecule has 0 N–H and O–H groups in total. The van der Waals surface area contributed by atoms with Crippen LogP contribution in [0.2, 0.25) is 0 Å². The Morgan fingerprint density at radius 3 is 2.46 bits per heavy atom. The summed E-state index contributed by atoms with van der Waals surface area (Å²) in [5, 5.41) is 0.467. The molecule has 0 unspecified atom stereocenters. The molecule has 0 saturated heterocycles. The third kappa shape index (κ3) is 5.82. The van der Waals surface area contributed by atoms with E-state index in [2.05, 4.69) is 41.7 Å². The summed E-state index contributed by atoms with van der Waals surface area (Å²) in [6, 6.07) is 17.2. The van der Waals surface area contributed by atoms with Gasteiger partial charge in [0.1, 0.15) is 17.0 Å². The number of hydrogen-bond acceptors (Lipinski definition) is 6. The molecular formula is C27H28BrN3O3S. The van der Waals surface area contributed by atoms with E-state index in [-0.39, 0.29) is 11.3 Å². The van der Waals surface area contributed by atoms with Crippen LogP contribution >= 0.6 is 27.3 Å². The molecule has 35 heavy (non-hydrogen) atoms. The summed E-state index contributed by atoms with van der Waals surface area (Å²) < 4.78 is 14.0. The van der Waals surface area contributed by atoms with Gasteiger partial charge in [-0.25, -0.2) is 19.7 Å². The Bertz CT molecular complexity index is 1370. The van der Waals surface area contributed by atoms with Crippen molar-refractivity contribution in [3.63, 3.8) is 0 Å². The van der Waals surface area contributed by atoms with Crippen LogP contribution in [-0.2, 0) is 10.2 Å². The second kappa shape index (κ2) is 9.59. The van der Waals surface area contributed by atoms with Gasteiger partial charge in [0.05, 0.1) is 10.2 Å². The van der Waals surface area contributed by atoms with Crippen LogP contribution in [0.15, 0.2) is 65.3 Å². The molecule has 8 heteroatoms. The molecule has 0 aliphatic carbocycles. The number of para-hydroxylation sites is 1. The minimum Gasteiger partial charge on any atom is -0.443 e. The summed E-state index contributed by atoms with van der Waals surface area (Å²) in [7, 11) is 0. The molecule has 0 saturated carbocycles. The van der Waals surface area contributed by atoms with Gasteiger partial charge in [-0.1, -0.05) is 66.2 Å². The molecule has 0 aliphatic rings. The first-order valence-electron chi connectivity index (χ1n) is 11.2. The first-order chi connectivity index (χ1) is 16.4. The SMILES string of the molecule is CC(C)(C)OC(=O)N(c1nc2ccc(Br)cc2s1)c1cccnc1Oc1ccccc1C(C)(C)C. The van der Waals surface area contributed by atoms with E-state index >= 15 is 0 Å². The molecule has 0 bridgehead atoms. The third-order valence-corrected chi connectivity index (χ3v) is 6.50. The van der Waals surface area contributed by atoms with Gasteiger partial charge in [-0.2, -0.15) is 0 Å². The molecule has 4 rings (SSSR count). The highest BCUT2D eigenvalue weighted by Crippen LogP contribution is 2.41. The molecule has 0 radical (unpaired) electrons. The van der Waals surface area contributed by atoms with Gasteiger partial charge in [0, 0.05) is 16.2 Å². The zero-order chi connectivity index (χ0) is 25.4. The molecule has 6 nitrogen and oxygen atoms in total. The van der Waals surface area contributed by atoms with E-state index in [1.807, 2.05) is 63.2 Å². The van der Waals surface area contributed by atoms with Crippen molar-refractivity contribution in [1.82, 2.24) is 9.97 Å². The minimum absolute atomic E-state index is 0.142. The Kier molecular flexibility index (Phi) is 6.88. The summed E-state index contributed by atoms with van der Waals surface area (Å²) in [6.45, 7) is 11.9. The topological polar surface area (TPSA) is 64.5 Å². The molecule has 0 aliphatic heterocycles. The van der Waals surface area contributed by atoms with E-state index in [0.29, 0.717) is 16.6 Å². The van der Waals surface area contributed by atoms with Crippen molar-refractivity contribution in [2.75, 3.05) is 4.90 Å². The van der Waals surface area contributed by atoms with Crippen LogP contribution in [-0.4, -0.2) is 21.7 Å². The number of halogens is 1. The number of fused-ring (bicyclic) bond motifs is 1. The van der Waals surface area contributed by atoms with Crippen molar-refractivity contribution in [3.05, 3.63) is 70.8 Å². The van der Waals surface area contributed by atoms with Crippen LogP contribution < -0.4 is 9.64 Å². The monoisotopic (exact) mass is 553 g/mol. The Morgan fingerprint density at radius 1 is 1.00 bits per heavy atom. The Hall–Kier alpha value is -2.97. The number of carbonyl (C=O) groups excluding carboxylic acids is 1. The number of aromatic nitrogens is 2. The number of amides is 1. The van der Waals surface area contributed by atoms with Gasteiger partial charge in [0.15, 0.2) is 0 Å². The number of benzene rings is 2. The van der Waals surface area contributed by atoms with E-state index < -0.39 is 11.7 Å². The lowest BCUT2D eigenvalue weighted by Crippen LogP contribution is -2.34. The Morgan fingerprint density at radius 2 is 1.74 bits per heavy atom. The zero-order valence-corrected chi connectivity index (χ0v) is 23.0. The molecule has 2 heterocycles. The molecule has 182 valence electrons. The molecule has 2 aromatic carbocycles. The first kappa shape index (κ1) is 25.1. The molecule has 1 amide bonds. The van der Waals surface area contributed by atoms with Gasteiger partial charge in [-0.15, -0.1) is 0 Å². The minimum atomic E-state index is -0.697. The average molecular weight is 555 g/mol. The van der Waals surface area contributed by atoms with Crippen LogP contribution in [0.25, 0.3) is 10.2 Å². The van der Waals surface area contributed by atoms with Crippen molar-refractivity contribution in [1.29, 1.82) is 0 Å². The maximum absolute atomic E-state index is 13.5. The second-order valence-electron chi connectivity index (χ2n) is 10.1. The molecule has 0 spiro atoms. The number of thiazole rings is 1. The molecule has 0 fully saturated rings. The van der Waals surface area contributed by atoms with Gasteiger partial charge < -0.3 is 9.47 Å². The second-order valence-corrected chi connectivity index (χ2v) is 12.0. The van der Waals surface area contributed by atoms with E-state index in [4.69, 9.17) is 14.5 Å². The van der Waals surface area contributed by atoms with Gasteiger partial charge in [0.25, 0.3) is 0 Å². The summed E-state index contributed by atoms with van der Waals surface area (Å²) in [4.78, 5) is 24.2. The number of anilines is 2. The number of rotatable bonds is 4. The quantitative estimate of drug-likeness (QED) is 0.253. The average Bonchev–Trinajstić information content (AvgIpc) is 3.16. The Labute approximate surface area is 218 Å². The van der Waals surface area contributed by atoms with Gasteiger partial charge in [-0.05, 0) is 62.6 Å². The smallest absolute Gasteiger partial charge is 0.421 e. The lowest BCUT2D eigenvalue weighted by atomic mass is 9.86. The van der Waals surface area contributed by atoms with Crippen LogP contribution in [0, 0.1) is 0 Å². The first-order valence-corrected chi connectivity index (χ1v) is 12.8. The van der Waals surface area contributed by atoms with E-state index in [0.717, 1.165) is 20.3 Å². The fourth-order valence-electron chi connectivity index (χ4n) is 3.48. The van der Waals surface area contributed by atoms with Crippen molar-refractivity contribution >= 4 is 54.4 Å². The summed E-state index contributed by atoms with van der Waals surface area (Å²) in [5.41, 5.74) is 1.42. The molecular weight excluding hydrogens is 526 g/mol. The fraction of sp³-hybridized carbons (Fsp3) is 0.296. The maximum Gasteiger partial charge on any atom is 0.421 e. The van der Waals surface area contributed by atoms with Crippen molar-refractivity contribution < 1.29 is 14.3 Å². The van der Waals surface area contributed by atoms with Crippen molar-refractivity contribution in [2.45, 2.75) is 52.6 Å². The van der Waals surface area contributed by atoms with Gasteiger partial charge >= 0.3 is 6.09 Å². The molecule has 4 aromatic rings. The molecule has 2 aromatic heterocycles. The van der Waals surface area contributed by atoms with Crippen molar-refractivity contribution in [3.8, 4) is 11.6 Å². The number of ether oxygens (including phenoxy) is 2. The van der Waals surface area contributed by atoms with E-state index in [1.54, 1.807) is 18.3 Å². The number of pyridine rings is 1. The highest BCUT2D eigenvalue weighted by atomic mass is 79.9. The van der Waals surface area contributed by atoms with E-state index in [1.165, 1.54) is 16.2 Å². The Balaban J connectivity index is 1.84. The predicted molar refractivity (Wildman–Crippen MR) is 145 cm³/mol. The number of carbonyl (C=O) groups is 1. The predicted octanol–water partition coefficient (Wildman–Crippen LogP) is 8.62. The standard InChI is InChI=1S/C27H28BrN3O3S/c1-26(2,3)18-10-7-8-12-21(18)33-23-20(11-9-15-29-23)31(25(32)34-27(4,5)6)24-30-19-14-13-17(28)16-22(19)35-24/h7-16H,1-6H3. The van der Waals surface area contributed by atoms with Crippen LogP contribution in [0.3, 0.4) is 0 Å². The van der Waals surface area contributed by atoms with Crippen LogP contribution in [0.4, 0.5) is 15.6 Å². The fourth-order valence-corrected chi connectivity index (χ4v) is 5.00. The van der Waals surface area contributed by atoms with Crippen LogP contribution in [0.5, 0.6) is 11.6 Å². The number of nitrogens with zero attached hydrogens (tertiary/aromatic N) is 3. The lowest BCUT2D eigenvalue weighted by Gasteiger charge is -2.27. The number of hydrogen-bond donors (Lipinski definition) is 0. The summed E-state index contributed by atoms with van der Waals surface area (Å²) in [5.74, 6) is 0.966. The molecule has 0 atom stereocenters. The van der Waals surface area contributed by atoms with Crippen molar-refractivity contribution in [2.24, 2.45) is 0 Å². The maximum atomic E-state index is 13.5. The highest BCUT2D eigenvalue weighted by Gasteiger charge is 2.31. The highest BCUT2D eigenvalue weighted by molar-refractivity contribution is 9.10. The zero-order valence-electron chi connectivity index (χ0n) is 20.6.